The highest BCUT2D eigenvalue weighted by Crippen LogP contribution is 2.57. The predicted octanol–water partition coefficient (Wildman–Crippen LogP) is 3.94. The van der Waals surface area contributed by atoms with Crippen molar-refractivity contribution in [3.8, 4) is 0 Å². The zero-order valence-electron chi connectivity index (χ0n) is 14.1. The Balaban J connectivity index is 2.23. The highest BCUT2D eigenvalue weighted by molar-refractivity contribution is 7.56. The molecule has 0 N–H and O–H groups in total. The summed E-state index contributed by atoms with van der Waals surface area (Å²) in [5.74, 6) is -0.916. The maximum atomic E-state index is 13.9. The average molecular weight is 340 g/mol. The fourth-order valence-corrected chi connectivity index (χ4v) is 3.84. The van der Waals surface area contributed by atoms with E-state index in [2.05, 4.69) is 0 Å². The van der Waals surface area contributed by atoms with Crippen molar-refractivity contribution in [1.29, 1.82) is 0 Å². The first kappa shape index (κ1) is 18.1. The third kappa shape index (κ3) is 3.97. The molecule has 23 heavy (non-hydrogen) atoms. The lowest BCUT2D eigenvalue weighted by Crippen LogP contribution is -2.41. The highest BCUT2D eigenvalue weighted by Gasteiger charge is 2.50. The zero-order chi connectivity index (χ0) is 17.3. The summed E-state index contributed by atoms with van der Waals surface area (Å²) < 4.78 is 30.7. The van der Waals surface area contributed by atoms with Gasteiger partial charge < -0.3 is 13.8 Å². The lowest BCUT2D eigenvalue weighted by molar-refractivity contribution is -0.137. The van der Waals surface area contributed by atoms with Crippen LogP contribution in [0.25, 0.3) is 6.08 Å². The smallest absolute Gasteiger partial charge is 0.330 e. The van der Waals surface area contributed by atoms with E-state index in [4.69, 9.17) is 13.8 Å². The molecule has 0 bridgehead atoms. The Morgan fingerprint density at radius 1 is 1.26 bits per heavy atom. The summed E-state index contributed by atoms with van der Waals surface area (Å²) in [4.78, 5) is 11.4. The molecule has 0 spiro atoms. The van der Waals surface area contributed by atoms with Crippen LogP contribution < -0.4 is 5.30 Å². The number of hydrogen-bond acceptors (Lipinski definition) is 4. The molecule has 0 aromatic heterocycles. The third-order valence-corrected chi connectivity index (χ3v) is 5.89. The van der Waals surface area contributed by atoms with Gasteiger partial charge in [0.25, 0.3) is 0 Å². The van der Waals surface area contributed by atoms with Crippen molar-refractivity contribution in [3.63, 3.8) is 0 Å². The van der Waals surface area contributed by atoms with E-state index < -0.39 is 31.4 Å². The Bertz CT molecular complexity index is 609. The molecule has 0 unspecified atom stereocenters. The van der Waals surface area contributed by atoms with Gasteiger partial charge in [0.05, 0.1) is 17.8 Å². The highest BCUT2D eigenvalue weighted by atomic mass is 31.2. The van der Waals surface area contributed by atoms with Crippen LogP contribution in [0.2, 0.25) is 0 Å². The molecule has 0 amide bonds. The van der Waals surface area contributed by atoms with Gasteiger partial charge in [0.2, 0.25) is 8.38 Å². The van der Waals surface area contributed by atoms with Crippen LogP contribution in [0.15, 0.2) is 24.3 Å². The van der Waals surface area contributed by atoms with Gasteiger partial charge >= 0.3 is 5.97 Å². The normalized spacial score (nSPS) is 20.1. The van der Waals surface area contributed by atoms with Crippen LogP contribution in [-0.4, -0.2) is 23.8 Å². The summed E-state index contributed by atoms with van der Waals surface area (Å²) in [5, 5.41) is 0.767. The van der Waals surface area contributed by atoms with Crippen molar-refractivity contribution < 1.29 is 23.0 Å². The second-order valence-corrected chi connectivity index (χ2v) is 7.65. The van der Waals surface area contributed by atoms with Crippen molar-refractivity contribution >= 4 is 25.7 Å². The maximum absolute atomic E-state index is 13.9. The number of halogens is 1. The molecule has 1 aromatic rings. The summed E-state index contributed by atoms with van der Waals surface area (Å²) in [6.45, 7) is 9.89. The molecule has 4 nitrogen and oxygen atoms in total. The van der Waals surface area contributed by atoms with E-state index in [1.165, 1.54) is 18.2 Å². The van der Waals surface area contributed by atoms with Gasteiger partial charge in [0, 0.05) is 16.9 Å². The minimum Gasteiger partial charge on any atom is -0.463 e. The molecule has 1 aliphatic heterocycles. The second kappa shape index (κ2) is 6.68. The number of rotatable bonds is 4. The summed E-state index contributed by atoms with van der Waals surface area (Å²) in [6.07, 6.45) is 2.61. The van der Waals surface area contributed by atoms with E-state index >= 15 is 0 Å². The largest absolute Gasteiger partial charge is 0.463 e. The van der Waals surface area contributed by atoms with E-state index in [0.717, 1.165) is 5.30 Å². The number of esters is 1. The summed E-state index contributed by atoms with van der Waals surface area (Å²) in [7, 11) is -1.29. The Morgan fingerprint density at radius 2 is 1.87 bits per heavy atom. The minimum atomic E-state index is -1.29. The van der Waals surface area contributed by atoms with Crippen molar-refractivity contribution in [1.82, 2.24) is 0 Å². The zero-order valence-corrected chi connectivity index (χ0v) is 14.9. The van der Waals surface area contributed by atoms with Crippen molar-refractivity contribution in [2.45, 2.75) is 45.8 Å². The van der Waals surface area contributed by atoms with Crippen LogP contribution in [0, 0.1) is 5.82 Å². The van der Waals surface area contributed by atoms with Crippen LogP contribution in [0.3, 0.4) is 0 Å². The summed E-state index contributed by atoms with van der Waals surface area (Å²) in [5.41, 5.74) is -0.574. The first-order valence-electron chi connectivity index (χ1n) is 7.49. The van der Waals surface area contributed by atoms with Gasteiger partial charge in [-0.3, -0.25) is 0 Å². The number of hydrogen-bond donors (Lipinski definition) is 0. The van der Waals surface area contributed by atoms with Crippen LogP contribution in [0.1, 0.15) is 40.2 Å². The molecule has 2 rings (SSSR count). The molecule has 0 aliphatic carbocycles. The molecule has 126 valence electrons. The Kier molecular flexibility index (Phi) is 5.24. The van der Waals surface area contributed by atoms with Gasteiger partial charge in [-0.1, -0.05) is 0 Å². The van der Waals surface area contributed by atoms with Gasteiger partial charge in [0.1, 0.15) is 5.82 Å². The third-order valence-electron chi connectivity index (χ3n) is 3.95. The fourth-order valence-electron chi connectivity index (χ4n) is 1.88. The van der Waals surface area contributed by atoms with E-state index in [9.17, 15) is 9.18 Å². The summed E-state index contributed by atoms with van der Waals surface area (Å²) >= 11 is 0. The molecule has 1 aliphatic rings. The van der Waals surface area contributed by atoms with Gasteiger partial charge in [-0.15, -0.1) is 0 Å². The van der Waals surface area contributed by atoms with E-state index in [1.54, 1.807) is 19.1 Å². The fraction of sp³-hybridized carbons (Fsp3) is 0.471. The Morgan fingerprint density at radius 3 is 2.43 bits per heavy atom. The van der Waals surface area contributed by atoms with Gasteiger partial charge in [-0.25, -0.2) is 9.18 Å². The minimum absolute atomic E-state index is 0.281. The number of benzene rings is 1. The lowest BCUT2D eigenvalue weighted by atomic mass is 9.90. The first-order valence-corrected chi connectivity index (χ1v) is 8.67. The van der Waals surface area contributed by atoms with Gasteiger partial charge in [-0.05, 0) is 58.9 Å². The van der Waals surface area contributed by atoms with E-state index in [0.29, 0.717) is 5.56 Å². The molecule has 0 radical (unpaired) electrons. The Hall–Kier alpha value is -1.29. The standard InChI is InChI=1S/C17H22FO4P/c1-6-20-15(19)10-7-12-11-13(8-9-14(12)18)23-21-16(2,3)17(4,5)22-23/h7-11H,6H2,1-5H3/b10-7+. The van der Waals surface area contributed by atoms with Crippen LogP contribution in [-0.2, 0) is 18.6 Å². The number of ether oxygens (including phenoxy) is 1. The van der Waals surface area contributed by atoms with Crippen molar-refractivity contribution in [2.24, 2.45) is 0 Å². The monoisotopic (exact) mass is 340 g/mol. The topological polar surface area (TPSA) is 44.8 Å². The average Bonchev–Trinajstić information content (AvgIpc) is 2.67. The molecule has 6 heteroatoms. The molecule has 1 heterocycles. The molecule has 0 saturated carbocycles. The van der Waals surface area contributed by atoms with Crippen LogP contribution >= 0.6 is 8.38 Å². The molecular weight excluding hydrogens is 318 g/mol. The quantitative estimate of drug-likeness (QED) is 0.473. The van der Waals surface area contributed by atoms with E-state index in [1.807, 2.05) is 27.7 Å². The number of carbonyl (C=O) groups excluding carboxylic acids is 1. The molecule has 0 atom stereocenters. The first-order chi connectivity index (χ1) is 10.7. The SMILES string of the molecule is CCOC(=O)/C=C/c1cc(P2OC(C)(C)C(C)(C)O2)ccc1F. The van der Waals surface area contributed by atoms with Crippen molar-refractivity contribution in [3.05, 3.63) is 35.7 Å². The summed E-state index contributed by atoms with van der Waals surface area (Å²) in [6, 6.07) is 4.65. The molecule has 1 saturated heterocycles. The van der Waals surface area contributed by atoms with Crippen molar-refractivity contribution in [2.75, 3.05) is 6.61 Å². The van der Waals surface area contributed by atoms with Crippen LogP contribution in [0.4, 0.5) is 4.39 Å². The second-order valence-electron chi connectivity index (χ2n) is 6.25. The predicted molar refractivity (Wildman–Crippen MR) is 88.9 cm³/mol. The molecule has 1 fully saturated rings. The Labute approximate surface area is 137 Å². The van der Waals surface area contributed by atoms with E-state index in [-0.39, 0.29) is 6.61 Å². The molecular formula is C17H22FO4P. The maximum Gasteiger partial charge on any atom is 0.330 e. The lowest BCUT2D eigenvalue weighted by Gasteiger charge is -2.29. The number of carbonyl (C=O) groups is 1. The van der Waals surface area contributed by atoms with Crippen LogP contribution in [0.5, 0.6) is 0 Å². The molecule has 1 aromatic carbocycles. The van der Waals surface area contributed by atoms with Gasteiger partial charge in [0.15, 0.2) is 0 Å². The van der Waals surface area contributed by atoms with Gasteiger partial charge in [-0.2, -0.15) is 0 Å².